The van der Waals surface area contributed by atoms with Crippen molar-refractivity contribution < 1.29 is 14.7 Å². The van der Waals surface area contributed by atoms with E-state index in [4.69, 9.17) is 16.7 Å². The molecule has 0 bridgehead atoms. The number of rotatable bonds is 3. The smallest absolute Gasteiger partial charge is 0.335 e. The van der Waals surface area contributed by atoms with Crippen molar-refractivity contribution in [3.05, 3.63) is 28.8 Å². The summed E-state index contributed by atoms with van der Waals surface area (Å²) in [6.45, 7) is 3.60. The van der Waals surface area contributed by atoms with Crippen molar-refractivity contribution in [1.82, 2.24) is 4.90 Å². The zero-order valence-corrected chi connectivity index (χ0v) is 12.7. The molecule has 1 aliphatic heterocycles. The van der Waals surface area contributed by atoms with E-state index in [0.29, 0.717) is 11.6 Å². The highest BCUT2D eigenvalue weighted by Gasteiger charge is 2.22. The Morgan fingerprint density at radius 1 is 1.43 bits per heavy atom. The molecule has 0 spiro atoms. The minimum Gasteiger partial charge on any atom is -0.478 e. The van der Waals surface area contributed by atoms with Crippen molar-refractivity contribution in [1.29, 1.82) is 0 Å². The van der Waals surface area contributed by atoms with E-state index in [1.165, 1.54) is 12.1 Å². The minimum absolute atomic E-state index is 0.0582. The standard InChI is InChI=1S/C15H19ClN2O3/c1-2-10-4-3-5-18(9-10)15(21)17-13-7-11(14(19)20)6-12(16)8-13/h6-8,10H,2-5,9H2,1H3,(H,17,21)(H,19,20). The Balaban J connectivity index is 2.07. The molecule has 1 aliphatic rings. The van der Waals surface area contributed by atoms with Gasteiger partial charge in [-0.25, -0.2) is 9.59 Å². The van der Waals surface area contributed by atoms with E-state index in [1.54, 1.807) is 11.0 Å². The number of hydrogen-bond acceptors (Lipinski definition) is 2. The van der Waals surface area contributed by atoms with E-state index in [9.17, 15) is 9.59 Å². The van der Waals surface area contributed by atoms with Gasteiger partial charge in [-0.1, -0.05) is 24.9 Å². The Morgan fingerprint density at radius 3 is 2.86 bits per heavy atom. The van der Waals surface area contributed by atoms with Gasteiger partial charge in [0.25, 0.3) is 0 Å². The van der Waals surface area contributed by atoms with Crippen LogP contribution in [-0.4, -0.2) is 35.1 Å². The van der Waals surface area contributed by atoms with E-state index in [0.717, 1.165) is 32.4 Å². The van der Waals surface area contributed by atoms with Crippen LogP contribution >= 0.6 is 11.6 Å². The van der Waals surface area contributed by atoms with Crippen molar-refractivity contribution in [3.8, 4) is 0 Å². The Labute approximate surface area is 128 Å². The number of amides is 2. The lowest BCUT2D eigenvalue weighted by Crippen LogP contribution is -2.42. The molecule has 1 unspecified atom stereocenters. The first-order chi connectivity index (χ1) is 9.99. The van der Waals surface area contributed by atoms with Gasteiger partial charge in [-0.2, -0.15) is 0 Å². The number of nitrogens with one attached hydrogen (secondary N) is 1. The van der Waals surface area contributed by atoms with Gasteiger partial charge in [-0.15, -0.1) is 0 Å². The van der Waals surface area contributed by atoms with E-state index in [1.807, 2.05) is 0 Å². The molecule has 5 nitrogen and oxygen atoms in total. The molecule has 1 fully saturated rings. The monoisotopic (exact) mass is 310 g/mol. The lowest BCUT2D eigenvalue weighted by molar-refractivity contribution is 0.0697. The maximum Gasteiger partial charge on any atom is 0.335 e. The zero-order chi connectivity index (χ0) is 15.4. The van der Waals surface area contributed by atoms with Crippen LogP contribution in [0.2, 0.25) is 5.02 Å². The minimum atomic E-state index is -1.07. The molecule has 0 aliphatic carbocycles. The summed E-state index contributed by atoms with van der Waals surface area (Å²) in [5.74, 6) is -0.532. The summed E-state index contributed by atoms with van der Waals surface area (Å²) in [4.78, 5) is 25.0. The van der Waals surface area contributed by atoms with Crippen LogP contribution in [0.15, 0.2) is 18.2 Å². The van der Waals surface area contributed by atoms with Crippen molar-refractivity contribution in [2.24, 2.45) is 5.92 Å². The molecule has 6 heteroatoms. The molecule has 21 heavy (non-hydrogen) atoms. The molecule has 1 aromatic carbocycles. The van der Waals surface area contributed by atoms with Crippen LogP contribution in [-0.2, 0) is 0 Å². The molecule has 1 saturated heterocycles. The van der Waals surface area contributed by atoms with Crippen molar-refractivity contribution >= 4 is 29.3 Å². The second-order valence-corrected chi connectivity index (χ2v) is 5.76. The van der Waals surface area contributed by atoms with Crippen molar-refractivity contribution in [2.45, 2.75) is 26.2 Å². The first kappa shape index (κ1) is 15.6. The van der Waals surface area contributed by atoms with Gasteiger partial charge in [0, 0.05) is 23.8 Å². The fraction of sp³-hybridized carbons (Fsp3) is 0.467. The Hall–Kier alpha value is -1.75. The number of nitrogens with zero attached hydrogens (tertiary/aromatic N) is 1. The summed E-state index contributed by atoms with van der Waals surface area (Å²) in [6, 6.07) is 4.11. The van der Waals surface area contributed by atoms with Crippen LogP contribution in [0.1, 0.15) is 36.5 Å². The number of likely N-dealkylation sites (tertiary alicyclic amines) is 1. The number of aromatic carboxylic acids is 1. The molecule has 0 radical (unpaired) electrons. The molecule has 1 heterocycles. The van der Waals surface area contributed by atoms with Crippen LogP contribution in [0.5, 0.6) is 0 Å². The molecule has 114 valence electrons. The maximum atomic E-state index is 12.2. The predicted molar refractivity (Wildman–Crippen MR) is 82.0 cm³/mol. The average molecular weight is 311 g/mol. The highest BCUT2D eigenvalue weighted by Crippen LogP contribution is 2.22. The summed E-state index contributed by atoms with van der Waals surface area (Å²) in [5, 5.41) is 12.0. The second kappa shape index (κ2) is 6.80. The number of carboxylic acid groups (broad SMARTS) is 1. The molecular weight excluding hydrogens is 292 g/mol. The number of piperidine rings is 1. The van der Waals surface area contributed by atoms with E-state index in [-0.39, 0.29) is 16.6 Å². The van der Waals surface area contributed by atoms with Crippen LogP contribution < -0.4 is 5.32 Å². The number of anilines is 1. The lowest BCUT2D eigenvalue weighted by Gasteiger charge is -2.32. The van der Waals surface area contributed by atoms with Gasteiger partial charge in [0.05, 0.1) is 5.56 Å². The number of urea groups is 1. The summed E-state index contributed by atoms with van der Waals surface area (Å²) < 4.78 is 0. The number of carbonyl (C=O) groups is 2. The number of hydrogen-bond donors (Lipinski definition) is 2. The van der Waals surface area contributed by atoms with Crippen molar-refractivity contribution in [3.63, 3.8) is 0 Å². The Kier molecular flexibility index (Phi) is 5.07. The molecule has 1 atom stereocenters. The number of carboxylic acids is 1. The summed E-state index contributed by atoms with van der Waals surface area (Å²) in [6.07, 6.45) is 3.21. The van der Waals surface area contributed by atoms with Crippen molar-refractivity contribution in [2.75, 3.05) is 18.4 Å². The van der Waals surface area contributed by atoms with Gasteiger partial charge >= 0.3 is 12.0 Å². The molecule has 0 aromatic heterocycles. The largest absolute Gasteiger partial charge is 0.478 e. The maximum absolute atomic E-state index is 12.2. The first-order valence-corrected chi connectivity index (χ1v) is 7.47. The van der Waals surface area contributed by atoms with Gasteiger partial charge in [-0.3, -0.25) is 0 Å². The van der Waals surface area contributed by atoms with Crippen LogP contribution in [0.3, 0.4) is 0 Å². The zero-order valence-electron chi connectivity index (χ0n) is 11.9. The summed E-state index contributed by atoms with van der Waals surface area (Å²) >= 11 is 5.88. The van der Waals surface area contributed by atoms with E-state index >= 15 is 0 Å². The molecule has 2 N–H and O–H groups in total. The van der Waals surface area contributed by atoms with E-state index in [2.05, 4.69) is 12.2 Å². The van der Waals surface area contributed by atoms with Crippen LogP contribution in [0.4, 0.5) is 10.5 Å². The highest BCUT2D eigenvalue weighted by atomic mass is 35.5. The van der Waals surface area contributed by atoms with Crippen LogP contribution in [0.25, 0.3) is 0 Å². The second-order valence-electron chi connectivity index (χ2n) is 5.33. The first-order valence-electron chi connectivity index (χ1n) is 7.09. The fourth-order valence-electron chi connectivity index (χ4n) is 2.57. The molecule has 2 amide bonds. The lowest BCUT2D eigenvalue weighted by atomic mass is 9.96. The Bertz CT molecular complexity index is 548. The number of halogens is 1. The average Bonchev–Trinajstić information content (AvgIpc) is 2.46. The number of benzene rings is 1. The highest BCUT2D eigenvalue weighted by molar-refractivity contribution is 6.31. The van der Waals surface area contributed by atoms with Gasteiger partial charge in [-0.05, 0) is 37.0 Å². The predicted octanol–water partition coefficient (Wildman–Crippen LogP) is 3.69. The van der Waals surface area contributed by atoms with Gasteiger partial charge in [0.2, 0.25) is 0 Å². The third-order valence-corrected chi connectivity index (χ3v) is 4.00. The third-order valence-electron chi connectivity index (χ3n) is 3.78. The molecule has 2 rings (SSSR count). The topological polar surface area (TPSA) is 69.6 Å². The third kappa shape index (κ3) is 4.11. The number of carbonyl (C=O) groups excluding carboxylic acids is 1. The van der Waals surface area contributed by atoms with Gasteiger partial charge in [0.15, 0.2) is 0 Å². The SMILES string of the molecule is CCC1CCCN(C(=O)Nc2cc(Cl)cc(C(=O)O)c2)C1. The quantitative estimate of drug-likeness (QED) is 0.894. The van der Waals surface area contributed by atoms with E-state index < -0.39 is 5.97 Å². The summed E-state index contributed by atoms with van der Waals surface area (Å²) in [7, 11) is 0. The van der Waals surface area contributed by atoms with Gasteiger partial charge < -0.3 is 15.3 Å². The van der Waals surface area contributed by atoms with Crippen LogP contribution in [0, 0.1) is 5.92 Å². The fourth-order valence-corrected chi connectivity index (χ4v) is 2.81. The summed E-state index contributed by atoms with van der Waals surface area (Å²) in [5.41, 5.74) is 0.464. The molecular formula is C15H19ClN2O3. The molecule has 1 aromatic rings. The normalized spacial score (nSPS) is 18.4. The van der Waals surface area contributed by atoms with Gasteiger partial charge in [0.1, 0.15) is 0 Å². The Morgan fingerprint density at radius 2 is 2.19 bits per heavy atom. The molecule has 0 saturated carbocycles.